The zero-order valence-corrected chi connectivity index (χ0v) is 27.5. The molecule has 2 aromatic carbocycles. The molecule has 4 rings (SSSR count). The molecular formula is C34H37Cl2FN4O4. The second-order valence-corrected chi connectivity index (χ2v) is 11.9. The number of hydrogen-bond acceptors (Lipinski definition) is 7. The monoisotopic (exact) mass is 654 g/mol. The van der Waals surface area contributed by atoms with Crippen LogP contribution in [0.1, 0.15) is 38.3 Å². The van der Waals surface area contributed by atoms with E-state index in [0.29, 0.717) is 74.8 Å². The molecule has 2 heterocycles. The third-order valence-corrected chi connectivity index (χ3v) is 7.56. The second kappa shape index (κ2) is 15.4. The smallest absolute Gasteiger partial charge is 0.407 e. The number of carbonyl (C=O) groups excluding carboxylic acids is 1. The maximum atomic E-state index is 12.4. The summed E-state index contributed by atoms with van der Waals surface area (Å²) < 4.78 is 28.9. The van der Waals surface area contributed by atoms with Crippen molar-refractivity contribution in [3.63, 3.8) is 0 Å². The van der Waals surface area contributed by atoms with Crippen LogP contribution < -0.4 is 20.1 Å². The fraction of sp³-hybridized carbons (Fsp3) is 0.324. The summed E-state index contributed by atoms with van der Waals surface area (Å²) in [6, 6.07) is 16.9. The number of ether oxygens (including phenoxy) is 3. The SMILES string of the molecule is COc1cc(-c2nccc(-c3cccc(-c4ccc(CNC(=O)OC(C)(C)C)c(OC)n4)c3Cl)c2Cl)ccc1CNCCCF. The van der Waals surface area contributed by atoms with Crippen LogP contribution in [0.3, 0.4) is 0 Å². The van der Waals surface area contributed by atoms with Crippen LogP contribution in [0.4, 0.5) is 9.18 Å². The molecule has 0 saturated heterocycles. The predicted molar refractivity (Wildman–Crippen MR) is 177 cm³/mol. The lowest BCUT2D eigenvalue weighted by Crippen LogP contribution is -2.32. The fourth-order valence-corrected chi connectivity index (χ4v) is 5.30. The van der Waals surface area contributed by atoms with Gasteiger partial charge in [0.2, 0.25) is 5.88 Å². The molecule has 4 aromatic rings. The highest BCUT2D eigenvalue weighted by molar-refractivity contribution is 6.39. The molecule has 8 nitrogen and oxygen atoms in total. The minimum Gasteiger partial charge on any atom is -0.496 e. The van der Waals surface area contributed by atoms with Crippen LogP contribution in [-0.4, -0.2) is 49.1 Å². The molecule has 1 amide bonds. The molecule has 238 valence electrons. The van der Waals surface area contributed by atoms with E-state index in [4.69, 9.17) is 37.4 Å². The molecule has 0 unspecified atom stereocenters. The molecule has 0 atom stereocenters. The average Bonchev–Trinajstić information content (AvgIpc) is 3.02. The van der Waals surface area contributed by atoms with Crippen molar-refractivity contribution < 1.29 is 23.4 Å². The number of hydrogen-bond donors (Lipinski definition) is 2. The van der Waals surface area contributed by atoms with Crippen LogP contribution >= 0.6 is 23.2 Å². The maximum absolute atomic E-state index is 12.4. The molecule has 0 bridgehead atoms. The molecule has 2 N–H and O–H groups in total. The van der Waals surface area contributed by atoms with Crippen molar-refractivity contribution in [1.82, 2.24) is 20.6 Å². The number of rotatable bonds is 12. The van der Waals surface area contributed by atoms with Crippen LogP contribution in [0.2, 0.25) is 10.0 Å². The number of halogens is 3. The summed E-state index contributed by atoms with van der Waals surface area (Å²) in [5.74, 6) is 1.03. The molecule has 45 heavy (non-hydrogen) atoms. The quantitative estimate of drug-likeness (QED) is 0.148. The minimum absolute atomic E-state index is 0.177. The van der Waals surface area contributed by atoms with Crippen molar-refractivity contribution in [3.05, 3.63) is 82.0 Å². The van der Waals surface area contributed by atoms with Crippen molar-refractivity contribution in [2.75, 3.05) is 27.4 Å². The molecule has 0 aliphatic heterocycles. The largest absolute Gasteiger partial charge is 0.496 e. The van der Waals surface area contributed by atoms with Gasteiger partial charge in [-0.2, -0.15) is 0 Å². The zero-order valence-electron chi connectivity index (χ0n) is 26.0. The van der Waals surface area contributed by atoms with Gasteiger partial charge in [-0.25, -0.2) is 9.78 Å². The van der Waals surface area contributed by atoms with Gasteiger partial charge in [0, 0.05) is 46.1 Å². The first-order valence-corrected chi connectivity index (χ1v) is 15.2. The van der Waals surface area contributed by atoms with Crippen LogP contribution in [0.25, 0.3) is 33.6 Å². The summed E-state index contributed by atoms with van der Waals surface area (Å²) in [5.41, 5.74) is 5.05. The number of benzene rings is 2. The molecule has 0 radical (unpaired) electrons. The van der Waals surface area contributed by atoms with Crippen molar-refractivity contribution in [2.24, 2.45) is 0 Å². The number of carbonyl (C=O) groups is 1. The summed E-state index contributed by atoms with van der Waals surface area (Å²) in [7, 11) is 3.12. The topological polar surface area (TPSA) is 94.6 Å². The lowest BCUT2D eigenvalue weighted by molar-refractivity contribution is 0.0523. The summed E-state index contributed by atoms with van der Waals surface area (Å²) in [4.78, 5) is 21.4. The molecule has 0 fully saturated rings. The summed E-state index contributed by atoms with van der Waals surface area (Å²) >= 11 is 14.0. The Labute approximate surface area is 273 Å². The lowest BCUT2D eigenvalue weighted by Gasteiger charge is -2.20. The normalized spacial score (nSPS) is 11.3. The van der Waals surface area contributed by atoms with Crippen LogP contribution in [0.15, 0.2) is 60.8 Å². The molecule has 0 aliphatic rings. The third-order valence-electron chi connectivity index (χ3n) is 6.77. The highest BCUT2D eigenvalue weighted by atomic mass is 35.5. The number of methoxy groups -OCH3 is 2. The second-order valence-electron chi connectivity index (χ2n) is 11.2. The van der Waals surface area contributed by atoms with E-state index >= 15 is 0 Å². The number of alkyl halides is 1. The van der Waals surface area contributed by atoms with Gasteiger partial charge in [-0.15, -0.1) is 0 Å². The summed E-state index contributed by atoms with van der Waals surface area (Å²) in [5, 5.41) is 6.84. The maximum Gasteiger partial charge on any atom is 0.407 e. The van der Waals surface area contributed by atoms with Gasteiger partial charge in [0.15, 0.2) is 0 Å². The first kappa shape index (κ1) is 34.0. The van der Waals surface area contributed by atoms with Gasteiger partial charge >= 0.3 is 6.09 Å². The predicted octanol–water partition coefficient (Wildman–Crippen LogP) is 8.28. The van der Waals surface area contributed by atoms with Crippen LogP contribution in [0.5, 0.6) is 11.6 Å². The Bertz CT molecular complexity index is 1650. The Kier molecular flexibility index (Phi) is 11.6. The Morgan fingerprint density at radius 2 is 1.64 bits per heavy atom. The molecule has 0 saturated carbocycles. The van der Waals surface area contributed by atoms with Gasteiger partial charge in [0.1, 0.15) is 11.4 Å². The van der Waals surface area contributed by atoms with Crippen molar-refractivity contribution in [2.45, 2.75) is 45.9 Å². The van der Waals surface area contributed by atoms with Crippen molar-refractivity contribution in [1.29, 1.82) is 0 Å². The van der Waals surface area contributed by atoms with Crippen molar-refractivity contribution in [3.8, 4) is 45.3 Å². The van der Waals surface area contributed by atoms with Crippen LogP contribution in [0, 0.1) is 0 Å². The van der Waals surface area contributed by atoms with E-state index < -0.39 is 11.7 Å². The number of aromatic nitrogens is 2. The van der Waals surface area contributed by atoms with E-state index in [2.05, 4.69) is 20.6 Å². The van der Waals surface area contributed by atoms with Gasteiger partial charge in [-0.05, 0) is 58.0 Å². The molecule has 0 aliphatic carbocycles. The minimum atomic E-state index is -0.608. The highest BCUT2D eigenvalue weighted by Gasteiger charge is 2.20. The Balaban J connectivity index is 1.62. The Morgan fingerprint density at radius 3 is 2.36 bits per heavy atom. The first-order valence-electron chi connectivity index (χ1n) is 14.4. The third kappa shape index (κ3) is 8.63. The van der Waals surface area contributed by atoms with Crippen LogP contribution in [-0.2, 0) is 17.8 Å². The van der Waals surface area contributed by atoms with E-state index in [1.54, 1.807) is 34.1 Å². The standard InChI is InChI=1S/C34H37Cl2FN4O4/c1-34(2,3)45-33(42)40-20-23-12-13-27(41-32(23)44-5)26-9-6-8-24(29(26)35)25-14-17-39-31(30(25)36)21-10-11-22(28(18-21)43-4)19-38-16-7-15-37/h6,8-14,17-18,38H,7,15-16,19-20H2,1-5H3,(H,40,42). The first-order chi connectivity index (χ1) is 21.6. The number of pyridine rings is 2. The van der Waals surface area contributed by atoms with Crippen molar-refractivity contribution >= 4 is 29.3 Å². The molecular weight excluding hydrogens is 618 g/mol. The molecule has 0 spiro atoms. The summed E-state index contributed by atoms with van der Waals surface area (Å²) in [6.07, 6.45) is 1.61. The van der Waals surface area contributed by atoms with Gasteiger partial charge < -0.3 is 24.8 Å². The van der Waals surface area contributed by atoms with E-state index in [1.807, 2.05) is 54.6 Å². The Morgan fingerprint density at radius 1 is 0.911 bits per heavy atom. The number of alkyl carbamates (subject to hydrolysis) is 1. The average molecular weight is 656 g/mol. The van der Waals surface area contributed by atoms with Gasteiger partial charge in [-0.3, -0.25) is 9.37 Å². The fourth-order valence-electron chi connectivity index (χ4n) is 4.66. The Hall–Kier alpha value is -3.92. The molecule has 2 aromatic heterocycles. The van der Waals surface area contributed by atoms with E-state index in [-0.39, 0.29) is 13.2 Å². The highest BCUT2D eigenvalue weighted by Crippen LogP contribution is 2.42. The van der Waals surface area contributed by atoms with Gasteiger partial charge in [0.05, 0.1) is 48.9 Å². The van der Waals surface area contributed by atoms with Gasteiger partial charge in [0.25, 0.3) is 0 Å². The number of amides is 1. The van der Waals surface area contributed by atoms with Gasteiger partial charge in [-0.1, -0.05) is 53.5 Å². The lowest BCUT2D eigenvalue weighted by atomic mass is 9.99. The van der Waals surface area contributed by atoms with E-state index in [1.165, 1.54) is 7.11 Å². The number of nitrogens with one attached hydrogen (secondary N) is 2. The molecule has 11 heteroatoms. The van der Waals surface area contributed by atoms with E-state index in [9.17, 15) is 9.18 Å². The van der Waals surface area contributed by atoms with E-state index in [0.717, 1.165) is 11.1 Å². The number of nitrogens with zero attached hydrogens (tertiary/aromatic N) is 2. The summed E-state index contributed by atoms with van der Waals surface area (Å²) in [6.45, 7) is 6.35. The zero-order chi connectivity index (χ0) is 32.6.